The average Bonchev–Trinajstić information content (AvgIpc) is 3.47. The minimum Gasteiger partial charge on any atom is -0.372 e. The normalized spacial score (nSPS) is 14.0. The van der Waals surface area contributed by atoms with Crippen molar-refractivity contribution in [3.8, 4) is 21.0 Å². The van der Waals surface area contributed by atoms with Crippen LogP contribution >= 0.6 is 11.3 Å². The van der Waals surface area contributed by atoms with Gasteiger partial charge >= 0.3 is 0 Å². The lowest BCUT2D eigenvalue weighted by Gasteiger charge is -2.51. The van der Waals surface area contributed by atoms with Crippen LogP contribution in [-0.4, -0.2) is 47.8 Å². The number of nitrogens with two attached hydrogens (primary N) is 1. The molecule has 2 aromatic carbocycles. The van der Waals surface area contributed by atoms with Gasteiger partial charge in [0.05, 0.1) is 16.1 Å². The molecule has 9 nitrogen and oxygen atoms in total. The number of hydrogen-bond donors (Lipinski definition) is 2. The molecule has 272 valence electrons. The van der Waals surface area contributed by atoms with Crippen molar-refractivity contribution in [3.05, 3.63) is 125 Å². The van der Waals surface area contributed by atoms with E-state index < -0.39 is 0 Å². The zero-order valence-electron chi connectivity index (χ0n) is 30.2. The standard InChI is InChI=1S/C41H40FN5O2S.CH3NO/c1-5-19-41(20-6-2)24-46(25-41)38-31(17-12-27(4)44-38)39(48)45-30-15-13-28(14-16-30)40(49)47-22-18-29-23-34(35-26(3)9-7-10-32(35)42)50-37(29)36-33(47)11-8-21-43-36;2-1-3/h5,7-17,21,23H,1,6,18-20,22,24-25H2,2-4H3,(H,45,48);1H,(H2,2,3). The summed E-state index contributed by atoms with van der Waals surface area (Å²) in [7, 11) is 0. The smallest absolute Gasteiger partial charge is 0.259 e. The lowest BCUT2D eigenvalue weighted by atomic mass is 9.73. The number of fused-ring (bicyclic) bond motifs is 3. The van der Waals surface area contributed by atoms with Crippen molar-refractivity contribution in [2.24, 2.45) is 11.1 Å². The summed E-state index contributed by atoms with van der Waals surface area (Å²) in [4.78, 5) is 51.4. The van der Waals surface area contributed by atoms with Gasteiger partial charge in [-0.1, -0.05) is 31.6 Å². The van der Waals surface area contributed by atoms with E-state index in [1.807, 2.05) is 56.3 Å². The number of nitrogens with zero attached hydrogens (tertiary/aromatic N) is 4. The van der Waals surface area contributed by atoms with E-state index in [-0.39, 0.29) is 29.5 Å². The Morgan fingerprint density at radius 2 is 1.83 bits per heavy atom. The third-order valence-electron chi connectivity index (χ3n) is 9.78. The van der Waals surface area contributed by atoms with Crippen LogP contribution in [0.15, 0.2) is 91.6 Å². The number of thiophene rings is 1. The second-order valence-electron chi connectivity index (χ2n) is 13.6. The quantitative estimate of drug-likeness (QED) is 0.116. The summed E-state index contributed by atoms with van der Waals surface area (Å²) in [5, 5.41) is 3.02. The molecule has 5 heterocycles. The van der Waals surface area contributed by atoms with Gasteiger partial charge < -0.3 is 20.9 Å². The van der Waals surface area contributed by atoms with Gasteiger partial charge in [-0.15, -0.1) is 17.9 Å². The van der Waals surface area contributed by atoms with Gasteiger partial charge in [-0.25, -0.2) is 9.37 Å². The number of benzene rings is 2. The van der Waals surface area contributed by atoms with E-state index in [0.29, 0.717) is 52.5 Å². The molecule has 7 rings (SSSR count). The van der Waals surface area contributed by atoms with Crippen molar-refractivity contribution < 1.29 is 18.8 Å². The fourth-order valence-corrected chi connectivity index (χ4v) is 8.71. The minimum atomic E-state index is -0.246. The number of allylic oxidation sites excluding steroid dienone is 1. The zero-order valence-corrected chi connectivity index (χ0v) is 31.0. The van der Waals surface area contributed by atoms with Gasteiger partial charge in [0.15, 0.2) is 0 Å². The van der Waals surface area contributed by atoms with Crippen LogP contribution in [0.2, 0.25) is 0 Å². The number of rotatable bonds is 9. The molecule has 0 radical (unpaired) electrons. The number of nitrogens with one attached hydrogen (secondary N) is 1. The zero-order chi connectivity index (χ0) is 37.7. The molecular formula is C42H43FN6O3S. The first kappa shape index (κ1) is 37.1. The summed E-state index contributed by atoms with van der Waals surface area (Å²) in [6.07, 6.45) is 7.72. The molecule has 0 spiro atoms. The van der Waals surface area contributed by atoms with E-state index in [1.54, 1.807) is 41.4 Å². The van der Waals surface area contributed by atoms with Crippen molar-refractivity contribution in [2.45, 2.75) is 46.5 Å². The summed E-state index contributed by atoms with van der Waals surface area (Å²) in [5.74, 6) is 0.0503. The summed E-state index contributed by atoms with van der Waals surface area (Å²) < 4.78 is 14.9. The molecule has 0 unspecified atom stereocenters. The Labute approximate surface area is 313 Å². The molecule has 3 amide bonds. The highest BCUT2D eigenvalue weighted by molar-refractivity contribution is 7.19. The number of amides is 3. The molecule has 2 aliphatic heterocycles. The van der Waals surface area contributed by atoms with E-state index >= 15 is 0 Å². The topological polar surface area (TPSA) is 122 Å². The van der Waals surface area contributed by atoms with Crippen molar-refractivity contribution in [1.29, 1.82) is 0 Å². The maximum absolute atomic E-state index is 14.9. The highest BCUT2D eigenvalue weighted by Crippen LogP contribution is 2.45. The second-order valence-corrected chi connectivity index (χ2v) is 14.6. The molecule has 11 heteroatoms. The molecule has 3 aromatic heterocycles. The van der Waals surface area contributed by atoms with E-state index in [9.17, 15) is 14.0 Å². The van der Waals surface area contributed by atoms with Crippen LogP contribution < -0.4 is 20.9 Å². The molecule has 1 fully saturated rings. The largest absolute Gasteiger partial charge is 0.372 e. The Hall–Kier alpha value is -5.68. The molecular weight excluding hydrogens is 688 g/mol. The number of carbonyl (C=O) groups is 3. The fourth-order valence-electron chi connectivity index (χ4n) is 7.39. The summed E-state index contributed by atoms with van der Waals surface area (Å²) >= 11 is 1.51. The average molecular weight is 731 g/mol. The lowest BCUT2D eigenvalue weighted by molar-refractivity contribution is -0.106. The van der Waals surface area contributed by atoms with Gasteiger partial charge in [0.25, 0.3) is 11.8 Å². The summed E-state index contributed by atoms with van der Waals surface area (Å²) in [6.45, 7) is 12.1. The number of anilines is 3. The third kappa shape index (κ3) is 7.61. The van der Waals surface area contributed by atoms with Crippen LogP contribution in [0, 0.1) is 25.1 Å². The molecule has 1 saturated heterocycles. The van der Waals surface area contributed by atoms with Crippen molar-refractivity contribution in [1.82, 2.24) is 9.97 Å². The van der Waals surface area contributed by atoms with Crippen LogP contribution in [0.3, 0.4) is 0 Å². The van der Waals surface area contributed by atoms with Crippen LogP contribution in [-0.2, 0) is 11.2 Å². The fraction of sp³-hybridized carbons (Fsp3) is 0.262. The number of aryl methyl sites for hydroxylation is 2. The van der Waals surface area contributed by atoms with Gasteiger partial charge in [-0.2, -0.15) is 0 Å². The lowest BCUT2D eigenvalue weighted by Crippen LogP contribution is -2.57. The van der Waals surface area contributed by atoms with Crippen molar-refractivity contribution in [2.75, 3.05) is 34.8 Å². The van der Waals surface area contributed by atoms with E-state index in [0.717, 1.165) is 58.9 Å². The van der Waals surface area contributed by atoms with Gasteiger partial charge in [0, 0.05) is 58.6 Å². The number of primary amides is 1. The highest BCUT2D eigenvalue weighted by Gasteiger charge is 2.42. The molecule has 0 saturated carbocycles. The third-order valence-corrected chi connectivity index (χ3v) is 11.0. The number of hydrogen-bond acceptors (Lipinski definition) is 7. The van der Waals surface area contributed by atoms with Gasteiger partial charge in [-0.3, -0.25) is 19.4 Å². The SMILES string of the molecule is C=CCC1(CCC)CN(c2nc(C)ccc2C(=O)Nc2ccc(C(=O)N3CCc4cc(-c5c(C)cccc5F)sc4-c4ncccc43)cc2)C1.NC=O. The Morgan fingerprint density at radius 1 is 1.08 bits per heavy atom. The second kappa shape index (κ2) is 15.9. The van der Waals surface area contributed by atoms with E-state index in [4.69, 9.17) is 14.8 Å². The maximum atomic E-state index is 14.9. The Bertz CT molecular complexity index is 2140. The predicted molar refractivity (Wildman–Crippen MR) is 211 cm³/mol. The molecule has 0 atom stereocenters. The Balaban J connectivity index is 0.00000155. The monoisotopic (exact) mass is 730 g/mol. The summed E-state index contributed by atoms with van der Waals surface area (Å²) in [6, 6.07) is 21.6. The number of halogens is 1. The van der Waals surface area contributed by atoms with E-state index in [1.165, 1.54) is 17.4 Å². The summed E-state index contributed by atoms with van der Waals surface area (Å²) in [5.41, 5.74) is 10.8. The van der Waals surface area contributed by atoms with Crippen LogP contribution in [0.25, 0.3) is 21.0 Å². The minimum absolute atomic E-state index is 0.157. The van der Waals surface area contributed by atoms with Crippen LogP contribution in [0.1, 0.15) is 63.7 Å². The Kier molecular flexibility index (Phi) is 11.1. The van der Waals surface area contributed by atoms with Crippen LogP contribution in [0.5, 0.6) is 0 Å². The first-order chi connectivity index (χ1) is 25.6. The predicted octanol–water partition coefficient (Wildman–Crippen LogP) is 8.37. The highest BCUT2D eigenvalue weighted by atomic mass is 32.1. The molecule has 3 N–H and O–H groups in total. The van der Waals surface area contributed by atoms with Crippen LogP contribution in [0.4, 0.5) is 21.6 Å². The molecule has 2 aliphatic rings. The van der Waals surface area contributed by atoms with Gasteiger partial charge in [0.2, 0.25) is 6.41 Å². The first-order valence-electron chi connectivity index (χ1n) is 17.7. The number of carbonyl (C=O) groups excluding carboxylic acids is 3. The Morgan fingerprint density at radius 3 is 2.53 bits per heavy atom. The molecule has 0 aliphatic carbocycles. The van der Waals surface area contributed by atoms with Gasteiger partial charge in [0.1, 0.15) is 17.3 Å². The molecule has 5 aromatic rings. The number of aromatic nitrogens is 2. The van der Waals surface area contributed by atoms with Crippen molar-refractivity contribution >= 4 is 46.8 Å². The first-order valence-corrected chi connectivity index (χ1v) is 18.5. The van der Waals surface area contributed by atoms with Gasteiger partial charge in [-0.05, 0) is 105 Å². The number of pyridine rings is 2. The molecule has 0 bridgehead atoms. The maximum Gasteiger partial charge on any atom is 0.259 e. The van der Waals surface area contributed by atoms with E-state index in [2.05, 4.69) is 29.5 Å². The molecule has 53 heavy (non-hydrogen) atoms. The van der Waals surface area contributed by atoms with Crippen molar-refractivity contribution in [3.63, 3.8) is 0 Å².